The van der Waals surface area contributed by atoms with Crippen molar-refractivity contribution in [2.24, 2.45) is 0 Å². The molecule has 31 heavy (non-hydrogen) atoms. The van der Waals surface area contributed by atoms with Crippen LogP contribution in [0.1, 0.15) is 34.0 Å². The number of carbonyl (C=O) groups excluding carboxylic acids is 3. The molecule has 0 saturated carbocycles. The van der Waals surface area contributed by atoms with Gasteiger partial charge in [-0.2, -0.15) is 13.2 Å². The fourth-order valence-corrected chi connectivity index (χ4v) is 3.82. The van der Waals surface area contributed by atoms with Crippen LogP contribution in [0.5, 0.6) is 0 Å². The van der Waals surface area contributed by atoms with Crippen molar-refractivity contribution in [1.29, 1.82) is 0 Å². The topological polar surface area (TPSA) is 57.7 Å². The van der Waals surface area contributed by atoms with E-state index < -0.39 is 29.4 Å². The zero-order valence-electron chi connectivity index (χ0n) is 16.8. The number of thioether (sulfide) groups is 1. The summed E-state index contributed by atoms with van der Waals surface area (Å²) >= 11 is 0.670. The molecule has 1 saturated heterocycles. The molecular formula is C22H19F3N2O3S. The van der Waals surface area contributed by atoms with E-state index in [-0.39, 0.29) is 16.4 Å². The van der Waals surface area contributed by atoms with Gasteiger partial charge in [0.05, 0.1) is 17.0 Å². The van der Waals surface area contributed by atoms with Crippen molar-refractivity contribution >= 4 is 34.9 Å². The SMILES string of the molecule is CCN(C)C(=O)c1ccc(C=C2SC(=O)N(Cc3ccccc3C(F)(F)F)C2=O)cc1. The van der Waals surface area contributed by atoms with Crippen LogP contribution in [-0.4, -0.2) is 40.4 Å². The Balaban J connectivity index is 1.79. The first kappa shape index (κ1) is 22.6. The maximum absolute atomic E-state index is 13.2. The summed E-state index contributed by atoms with van der Waals surface area (Å²) in [4.78, 5) is 39.6. The number of hydrogen-bond acceptors (Lipinski definition) is 4. The van der Waals surface area contributed by atoms with Gasteiger partial charge in [0, 0.05) is 19.2 Å². The van der Waals surface area contributed by atoms with E-state index in [1.165, 1.54) is 24.3 Å². The van der Waals surface area contributed by atoms with E-state index in [0.29, 0.717) is 29.4 Å². The smallest absolute Gasteiger partial charge is 0.342 e. The highest BCUT2D eigenvalue weighted by Crippen LogP contribution is 2.36. The molecule has 1 aliphatic heterocycles. The first-order valence-electron chi connectivity index (χ1n) is 9.37. The lowest BCUT2D eigenvalue weighted by Gasteiger charge is -2.17. The Hall–Kier alpha value is -3.07. The van der Waals surface area contributed by atoms with Crippen LogP contribution in [0.25, 0.3) is 6.08 Å². The monoisotopic (exact) mass is 448 g/mol. The van der Waals surface area contributed by atoms with Crippen molar-refractivity contribution in [2.45, 2.75) is 19.6 Å². The lowest BCUT2D eigenvalue weighted by atomic mass is 10.1. The maximum Gasteiger partial charge on any atom is 0.416 e. The zero-order chi connectivity index (χ0) is 22.8. The van der Waals surface area contributed by atoms with Gasteiger partial charge in [0.1, 0.15) is 0 Å². The molecule has 3 amide bonds. The lowest BCUT2D eigenvalue weighted by Crippen LogP contribution is -2.28. The summed E-state index contributed by atoms with van der Waals surface area (Å²) in [5.74, 6) is -0.796. The highest BCUT2D eigenvalue weighted by Gasteiger charge is 2.38. The van der Waals surface area contributed by atoms with Gasteiger partial charge in [-0.05, 0) is 54.1 Å². The molecule has 0 atom stereocenters. The van der Waals surface area contributed by atoms with Crippen LogP contribution >= 0.6 is 11.8 Å². The van der Waals surface area contributed by atoms with E-state index >= 15 is 0 Å². The fourth-order valence-electron chi connectivity index (χ4n) is 2.98. The Kier molecular flexibility index (Phi) is 6.54. The van der Waals surface area contributed by atoms with Crippen molar-refractivity contribution in [3.05, 3.63) is 75.7 Å². The maximum atomic E-state index is 13.2. The predicted octanol–water partition coefficient (Wildman–Crippen LogP) is 5.03. The predicted molar refractivity (Wildman–Crippen MR) is 112 cm³/mol. The average Bonchev–Trinajstić information content (AvgIpc) is 3.00. The van der Waals surface area contributed by atoms with Crippen LogP contribution in [0, 0.1) is 0 Å². The minimum atomic E-state index is -4.58. The molecule has 1 heterocycles. The summed E-state index contributed by atoms with van der Waals surface area (Å²) in [5.41, 5.74) is 0.0482. The second-order valence-corrected chi connectivity index (χ2v) is 7.86. The van der Waals surface area contributed by atoms with E-state index in [4.69, 9.17) is 0 Å². The van der Waals surface area contributed by atoms with E-state index in [2.05, 4.69) is 0 Å². The molecular weight excluding hydrogens is 429 g/mol. The second kappa shape index (κ2) is 8.97. The molecule has 0 unspecified atom stereocenters. The standard InChI is InChI=1S/C22H19F3N2O3S/c1-3-26(2)19(28)15-10-8-14(9-11-15)12-18-20(29)27(21(30)31-18)13-16-6-4-5-7-17(16)22(23,24)25/h4-12H,3,13H2,1-2H3. The summed E-state index contributed by atoms with van der Waals surface area (Å²) in [6.07, 6.45) is -3.10. The normalized spacial score (nSPS) is 15.6. The van der Waals surface area contributed by atoms with Gasteiger partial charge in [-0.25, -0.2) is 0 Å². The molecule has 1 aliphatic rings. The quantitative estimate of drug-likeness (QED) is 0.602. The molecule has 5 nitrogen and oxygen atoms in total. The molecule has 0 spiro atoms. The van der Waals surface area contributed by atoms with Gasteiger partial charge < -0.3 is 4.90 Å². The van der Waals surface area contributed by atoms with Crippen LogP contribution < -0.4 is 0 Å². The third-order valence-electron chi connectivity index (χ3n) is 4.80. The van der Waals surface area contributed by atoms with Crippen molar-refractivity contribution in [1.82, 2.24) is 9.80 Å². The Morgan fingerprint density at radius 2 is 1.74 bits per heavy atom. The fraction of sp³-hybridized carbons (Fsp3) is 0.227. The Morgan fingerprint density at radius 1 is 1.10 bits per heavy atom. The highest BCUT2D eigenvalue weighted by atomic mass is 32.2. The highest BCUT2D eigenvalue weighted by molar-refractivity contribution is 8.18. The first-order chi connectivity index (χ1) is 14.6. The van der Waals surface area contributed by atoms with Gasteiger partial charge >= 0.3 is 6.18 Å². The van der Waals surface area contributed by atoms with Crippen LogP contribution in [0.3, 0.4) is 0 Å². The number of hydrogen-bond donors (Lipinski definition) is 0. The summed E-state index contributed by atoms with van der Waals surface area (Å²) in [6, 6.07) is 11.4. The van der Waals surface area contributed by atoms with Gasteiger partial charge in [0.15, 0.2) is 0 Å². The second-order valence-electron chi connectivity index (χ2n) is 6.86. The molecule has 0 N–H and O–H groups in total. The molecule has 9 heteroatoms. The van der Waals surface area contributed by atoms with E-state index in [9.17, 15) is 27.6 Å². The zero-order valence-corrected chi connectivity index (χ0v) is 17.6. The molecule has 0 bridgehead atoms. The van der Waals surface area contributed by atoms with E-state index in [0.717, 1.165) is 11.0 Å². The number of carbonyl (C=O) groups is 3. The minimum absolute atomic E-state index is 0.110. The number of imide groups is 1. The number of amides is 3. The lowest BCUT2D eigenvalue weighted by molar-refractivity contribution is -0.139. The average molecular weight is 448 g/mol. The largest absolute Gasteiger partial charge is 0.416 e. The minimum Gasteiger partial charge on any atom is -0.342 e. The van der Waals surface area contributed by atoms with Crippen LogP contribution in [0.4, 0.5) is 18.0 Å². The number of rotatable bonds is 5. The van der Waals surface area contributed by atoms with Gasteiger partial charge in [0.25, 0.3) is 17.1 Å². The van der Waals surface area contributed by atoms with Crippen molar-refractivity contribution in [3.63, 3.8) is 0 Å². The van der Waals surface area contributed by atoms with Gasteiger partial charge in [0.2, 0.25) is 0 Å². The van der Waals surface area contributed by atoms with Gasteiger partial charge in [-0.15, -0.1) is 0 Å². The third kappa shape index (κ3) is 4.99. The molecule has 0 radical (unpaired) electrons. The summed E-state index contributed by atoms with van der Waals surface area (Å²) < 4.78 is 39.6. The van der Waals surface area contributed by atoms with Crippen LogP contribution in [0.2, 0.25) is 0 Å². The van der Waals surface area contributed by atoms with Crippen LogP contribution in [0.15, 0.2) is 53.4 Å². The first-order valence-corrected chi connectivity index (χ1v) is 10.2. The summed E-state index contributed by atoms with van der Waals surface area (Å²) in [5, 5.41) is -0.635. The molecule has 3 rings (SSSR count). The molecule has 0 aromatic heterocycles. The Morgan fingerprint density at radius 3 is 2.35 bits per heavy atom. The Bertz CT molecular complexity index is 1050. The molecule has 1 fully saturated rings. The molecule has 0 aliphatic carbocycles. The molecule has 2 aromatic carbocycles. The number of halogens is 3. The van der Waals surface area contributed by atoms with Crippen molar-refractivity contribution < 1.29 is 27.6 Å². The molecule has 162 valence electrons. The van der Waals surface area contributed by atoms with E-state index in [1.807, 2.05) is 6.92 Å². The number of alkyl halides is 3. The van der Waals surface area contributed by atoms with Gasteiger partial charge in [-0.3, -0.25) is 19.3 Å². The summed E-state index contributed by atoms with van der Waals surface area (Å²) in [7, 11) is 1.68. The molecule has 2 aromatic rings. The Labute approximate surface area is 181 Å². The number of benzene rings is 2. The van der Waals surface area contributed by atoms with Gasteiger partial charge in [-0.1, -0.05) is 30.3 Å². The third-order valence-corrected chi connectivity index (χ3v) is 5.71. The van der Waals surface area contributed by atoms with E-state index in [1.54, 1.807) is 36.2 Å². The number of nitrogens with zero attached hydrogens (tertiary/aromatic N) is 2. The summed E-state index contributed by atoms with van der Waals surface area (Å²) in [6.45, 7) is 1.95. The van der Waals surface area contributed by atoms with Crippen molar-refractivity contribution in [2.75, 3.05) is 13.6 Å². The van der Waals surface area contributed by atoms with Crippen molar-refractivity contribution in [3.8, 4) is 0 Å². The van der Waals surface area contributed by atoms with Crippen LogP contribution in [-0.2, 0) is 17.5 Å².